The first-order chi connectivity index (χ1) is 8.66. The van der Waals surface area contributed by atoms with Gasteiger partial charge in [0.05, 0.1) is 12.1 Å². The molecule has 100 valence electrons. The van der Waals surface area contributed by atoms with Gasteiger partial charge in [0.2, 0.25) is 0 Å². The lowest BCUT2D eigenvalue weighted by atomic mass is 10.2. The molecule has 0 spiro atoms. The van der Waals surface area contributed by atoms with Gasteiger partial charge in [-0.2, -0.15) is 0 Å². The van der Waals surface area contributed by atoms with Crippen molar-refractivity contribution in [1.82, 2.24) is 25.4 Å². The molecule has 1 saturated heterocycles. The SMILES string of the molecule is C[C@H](NC(=O)NC[C@H]1CCCO1)c1nncn1C. The molecule has 1 fully saturated rings. The molecule has 2 atom stereocenters. The Morgan fingerprint density at radius 2 is 2.56 bits per heavy atom. The number of nitrogens with zero attached hydrogens (tertiary/aromatic N) is 3. The van der Waals surface area contributed by atoms with Crippen molar-refractivity contribution < 1.29 is 9.53 Å². The van der Waals surface area contributed by atoms with Gasteiger partial charge in [-0.1, -0.05) is 0 Å². The molecule has 1 aromatic rings. The zero-order chi connectivity index (χ0) is 13.0. The van der Waals surface area contributed by atoms with Crippen LogP contribution in [-0.4, -0.2) is 40.1 Å². The summed E-state index contributed by atoms with van der Waals surface area (Å²) < 4.78 is 7.21. The van der Waals surface area contributed by atoms with E-state index < -0.39 is 0 Å². The molecule has 1 aromatic heterocycles. The van der Waals surface area contributed by atoms with Crippen molar-refractivity contribution in [2.45, 2.75) is 31.9 Å². The molecule has 1 aliphatic heterocycles. The summed E-state index contributed by atoms with van der Waals surface area (Å²) in [7, 11) is 1.85. The van der Waals surface area contributed by atoms with Crippen LogP contribution in [0.25, 0.3) is 0 Å². The highest BCUT2D eigenvalue weighted by Crippen LogP contribution is 2.10. The maximum absolute atomic E-state index is 11.7. The monoisotopic (exact) mass is 253 g/mol. The van der Waals surface area contributed by atoms with E-state index >= 15 is 0 Å². The fraction of sp³-hybridized carbons (Fsp3) is 0.727. The lowest BCUT2D eigenvalue weighted by molar-refractivity contribution is 0.111. The first kappa shape index (κ1) is 12.8. The molecule has 0 bridgehead atoms. The zero-order valence-corrected chi connectivity index (χ0v) is 10.7. The first-order valence-corrected chi connectivity index (χ1v) is 6.16. The van der Waals surface area contributed by atoms with Crippen LogP contribution in [0.1, 0.15) is 31.6 Å². The normalized spacial score (nSPS) is 20.7. The number of nitrogens with one attached hydrogen (secondary N) is 2. The predicted molar refractivity (Wildman–Crippen MR) is 64.9 cm³/mol. The van der Waals surface area contributed by atoms with Crippen molar-refractivity contribution in [1.29, 1.82) is 0 Å². The number of rotatable bonds is 4. The number of carbonyl (C=O) groups excluding carboxylic acids is 1. The second-order valence-electron chi connectivity index (χ2n) is 4.51. The fourth-order valence-corrected chi connectivity index (χ4v) is 2.01. The Kier molecular flexibility index (Phi) is 4.14. The molecule has 2 rings (SSSR count). The van der Waals surface area contributed by atoms with Gasteiger partial charge in [-0.25, -0.2) is 4.79 Å². The molecule has 0 radical (unpaired) electrons. The summed E-state index contributed by atoms with van der Waals surface area (Å²) in [4.78, 5) is 11.7. The van der Waals surface area contributed by atoms with Gasteiger partial charge in [-0.05, 0) is 19.8 Å². The van der Waals surface area contributed by atoms with E-state index in [2.05, 4.69) is 20.8 Å². The first-order valence-electron chi connectivity index (χ1n) is 6.16. The zero-order valence-electron chi connectivity index (χ0n) is 10.7. The maximum atomic E-state index is 11.7. The van der Waals surface area contributed by atoms with Gasteiger partial charge in [-0.15, -0.1) is 10.2 Å². The third-order valence-electron chi connectivity index (χ3n) is 3.00. The van der Waals surface area contributed by atoms with E-state index in [1.807, 2.05) is 14.0 Å². The molecule has 2 heterocycles. The van der Waals surface area contributed by atoms with E-state index in [1.54, 1.807) is 10.9 Å². The second-order valence-corrected chi connectivity index (χ2v) is 4.51. The van der Waals surface area contributed by atoms with Crippen molar-refractivity contribution in [3.05, 3.63) is 12.2 Å². The quantitative estimate of drug-likeness (QED) is 0.811. The number of aryl methyl sites for hydroxylation is 1. The number of aromatic nitrogens is 3. The van der Waals surface area contributed by atoms with E-state index in [4.69, 9.17) is 4.74 Å². The van der Waals surface area contributed by atoms with Crippen molar-refractivity contribution in [2.24, 2.45) is 7.05 Å². The molecule has 0 aromatic carbocycles. The Labute approximate surface area is 106 Å². The molecule has 0 saturated carbocycles. The molecule has 7 nitrogen and oxygen atoms in total. The van der Waals surface area contributed by atoms with E-state index in [-0.39, 0.29) is 18.2 Å². The number of amides is 2. The van der Waals surface area contributed by atoms with Crippen LogP contribution >= 0.6 is 0 Å². The molecular weight excluding hydrogens is 234 g/mol. The predicted octanol–water partition coefficient (Wildman–Crippen LogP) is 0.354. The standard InChI is InChI=1S/C11H19N5O2/c1-8(10-15-13-7-16(10)2)14-11(17)12-6-9-4-3-5-18-9/h7-9H,3-6H2,1-2H3,(H2,12,14,17)/t8-,9+/m0/s1. The Balaban J connectivity index is 1.75. The number of ether oxygens (including phenoxy) is 1. The van der Waals surface area contributed by atoms with E-state index in [9.17, 15) is 4.79 Å². The van der Waals surface area contributed by atoms with Crippen molar-refractivity contribution in [3.8, 4) is 0 Å². The van der Waals surface area contributed by atoms with Crippen molar-refractivity contribution in [3.63, 3.8) is 0 Å². The van der Waals surface area contributed by atoms with Crippen molar-refractivity contribution in [2.75, 3.05) is 13.2 Å². The molecule has 0 aliphatic carbocycles. The highest BCUT2D eigenvalue weighted by Gasteiger charge is 2.18. The van der Waals surface area contributed by atoms with Crippen LogP contribution < -0.4 is 10.6 Å². The Morgan fingerprint density at radius 1 is 1.72 bits per heavy atom. The maximum Gasteiger partial charge on any atom is 0.315 e. The summed E-state index contributed by atoms with van der Waals surface area (Å²) in [5.41, 5.74) is 0. The Bertz CT molecular complexity index is 400. The van der Waals surface area contributed by atoms with Crippen LogP contribution in [0.15, 0.2) is 6.33 Å². The topological polar surface area (TPSA) is 81.1 Å². The summed E-state index contributed by atoms with van der Waals surface area (Å²) in [6.07, 6.45) is 3.85. The van der Waals surface area contributed by atoms with Gasteiger partial charge in [0, 0.05) is 20.2 Å². The minimum absolute atomic E-state index is 0.154. The number of carbonyl (C=O) groups is 1. The lowest BCUT2D eigenvalue weighted by Gasteiger charge is -2.15. The van der Waals surface area contributed by atoms with Crippen LogP contribution in [0.3, 0.4) is 0 Å². The van der Waals surface area contributed by atoms with E-state index in [0.29, 0.717) is 6.54 Å². The molecule has 2 N–H and O–H groups in total. The van der Waals surface area contributed by atoms with Gasteiger partial charge in [0.25, 0.3) is 0 Å². The summed E-state index contributed by atoms with van der Waals surface area (Å²) in [5.74, 6) is 0.724. The van der Waals surface area contributed by atoms with Gasteiger partial charge < -0.3 is 19.9 Å². The number of urea groups is 1. The highest BCUT2D eigenvalue weighted by molar-refractivity contribution is 5.74. The number of hydrogen-bond acceptors (Lipinski definition) is 4. The molecule has 2 amide bonds. The summed E-state index contributed by atoms with van der Waals surface area (Å²) in [6.45, 7) is 3.22. The van der Waals surface area contributed by atoms with Crippen LogP contribution in [0.5, 0.6) is 0 Å². The lowest BCUT2D eigenvalue weighted by Crippen LogP contribution is -2.41. The van der Waals surface area contributed by atoms with Crippen LogP contribution in [0, 0.1) is 0 Å². The van der Waals surface area contributed by atoms with Crippen LogP contribution in [-0.2, 0) is 11.8 Å². The Hall–Kier alpha value is -1.63. The van der Waals surface area contributed by atoms with Crippen molar-refractivity contribution >= 4 is 6.03 Å². The Morgan fingerprint density at radius 3 is 3.17 bits per heavy atom. The largest absolute Gasteiger partial charge is 0.376 e. The molecule has 0 unspecified atom stereocenters. The minimum Gasteiger partial charge on any atom is -0.376 e. The summed E-state index contributed by atoms with van der Waals surface area (Å²) in [6, 6.07) is -0.386. The van der Waals surface area contributed by atoms with E-state index in [0.717, 1.165) is 25.3 Å². The molecule has 18 heavy (non-hydrogen) atoms. The van der Waals surface area contributed by atoms with Gasteiger partial charge in [0.15, 0.2) is 5.82 Å². The summed E-state index contributed by atoms with van der Waals surface area (Å²) in [5, 5.41) is 13.4. The number of hydrogen-bond donors (Lipinski definition) is 2. The van der Waals surface area contributed by atoms with Gasteiger partial charge in [-0.3, -0.25) is 0 Å². The molecule has 7 heteroatoms. The fourth-order valence-electron chi connectivity index (χ4n) is 2.01. The summed E-state index contributed by atoms with van der Waals surface area (Å²) >= 11 is 0. The van der Waals surface area contributed by atoms with Gasteiger partial charge >= 0.3 is 6.03 Å². The van der Waals surface area contributed by atoms with Crippen LogP contribution in [0.4, 0.5) is 4.79 Å². The highest BCUT2D eigenvalue weighted by atomic mass is 16.5. The molecule has 1 aliphatic rings. The third kappa shape index (κ3) is 3.19. The second kappa shape index (κ2) is 5.81. The van der Waals surface area contributed by atoms with E-state index in [1.165, 1.54) is 0 Å². The third-order valence-corrected chi connectivity index (χ3v) is 3.00. The average Bonchev–Trinajstić information content (AvgIpc) is 2.97. The van der Waals surface area contributed by atoms with Crippen LogP contribution in [0.2, 0.25) is 0 Å². The van der Waals surface area contributed by atoms with Gasteiger partial charge in [0.1, 0.15) is 6.33 Å². The smallest absolute Gasteiger partial charge is 0.315 e. The minimum atomic E-state index is -0.207. The average molecular weight is 253 g/mol. The molecular formula is C11H19N5O2.